The molecule has 8 heteroatoms. The molecule has 35 heavy (non-hydrogen) atoms. The normalized spacial score (nSPS) is 15.2. The van der Waals surface area contributed by atoms with Gasteiger partial charge in [0.05, 0.1) is 12.2 Å². The van der Waals surface area contributed by atoms with E-state index in [4.69, 9.17) is 4.74 Å². The van der Waals surface area contributed by atoms with Crippen molar-refractivity contribution in [3.63, 3.8) is 0 Å². The summed E-state index contributed by atoms with van der Waals surface area (Å²) in [6.45, 7) is 7.10. The smallest absolute Gasteiger partial charge is 0.335 e. The van der Waals surface area contributed by atoms with Crippen LogP contribution in [0, 0.1) is 12.7 Å². The van der Waals surface area contributed by atoms with Crippen molar-refractivity contribution in [2.75, 3.05) is 11.5 Å². The number of rotatable bonds is 7. The Bertz CT molecular complexity index is 1310. The Morgan fingerprint density at radius 3 is 2.51 bits per heavy atom. The van der Waals surface area contributed by atoms with Gasteiger partial charge in [0.25, 0.3) is 11.8 Å². The van der Waals surface area contributed by atoms with Crippen molar-refractivity contribution in [2.45, 2.75) is 33.2 Å². The molecule has 4 rings (SSSR count). The lowest BCUT2D eigenvalue weighted by Crippen LogP contribution is -2.54. The quantitative estimate of drug-likeness (QED) is 0.393. The lowest BCUT2D eigenvalue weighted by Gasteiger charge is -2.26. The van der Waals surface area contributed by atoms with Gasteiger partial charge in [-0.2, -0.15) is 0 Å². The van der Waals surface area contributed by atoms with Crippen LogP contribution in [0.1, 0.15) is 36.6 Å². The van der Waals surface area contributed by atoms with Crippen molar-refractivity contribution in [1.82, 2.24) is 9.88 Å². The summed E-state index contributed by atoms with van der Waals surface area (Å²) in [6.07, 6.45) is 3.26. The Hall–Kier alpha value is -4.20. The molecule has 2 aromatic carbocycles. The van der Waals surface area contributed by atoms with E-state index < -0.39 is 23.7 Å². The Kier molecular flexibility index (Phi) is 6.82. The van der Waals surface area contributed by atoms with E-state index in [-0.39, 0.29) is 11.3 Å². The summed E-state index contributed by atoms with van der Waals surface area (Å²) in [4.78, 5) is 38.7. The zero-order valence-electron chi connectivity index (χ0n) is 19.7. The molecule has 7 nitrogen and oxygen atoms in total. The molecule has 2 heterocycles. The van der Waals surface area contributed by atoms with E-state index in [1.165, 1.54) is 18.2 Å². The van der Waals surface area contributed by atoms with Crippen LogP contribution in [0.5, 0.6) is 5.75 Å². The number of aromatic nitrogens is 1. The van der Waals surface area contributed by atoms with E-state index in [2.05, 4.69) is 31.3 Å². The number of imide groups is 2. The van der Waals surface area contributed by atoms with E-state index in [1.54, 1.807) is 12.1 Å². The molecule has 0 saturated carbocycles. The SMILES string of the molecule is Cc1ccc(C(C)C)c(OCCn2cccc2/C=C2/C(=O)NC(=O)N(c3ccc(F)cc3)C2=O)c1. The summed E-state index contributed by atoms with van der Waals surface area (Å²) in [5, 5.41) is 2.17. The number of nitrogens with one attached hydrogen (secondary N) is 1. The summed E-state index contributed by atoms with van der Waals surface area (Å²) < 4.78 is 21.2. The Labute approximate surface area is 202 Å². The van der Waals surface area contributed by atoms with Crippen molar-refractivity contribution in [2.24, 2.45) is 0 Å². The van der Waals surface area contributed by atoms with Crippen molar-refractivity contribution >= 4 is 29.6 Å². The van der Waals surface area contributed by atoms with Gasteiger partial charge in [0.1, 0.15) is 23.7 Å². The summed E-state index contributed by atoms with van der Waals surface area (Å²) in [6, 6.07) is 13.7. The van der Waals surface area contributed by atoms with E-state index in [0.717, 1.165) is 33.9 Å². The van der Waals surface area contributed by atoms with Gasteiger partial charge in [0.15, 0.2) is 0 Å². The van der Waals surface area contributed by atoms with Gasteiger partial charge >= 0.3 is 6.03 Å². The minimum atomic E-state index is -0.883. The minimum absolute atomic E-state index is 0.162. The number of aryl methyl sites for hydroxylation is 1. The summed E-state index contributed by atoms with van der Waals surface area (Å²) >= 11 is 0. The Balaban J connectivity index is 1.53. The molecule has 0 aliphatic carbocycles. The fourth-order valence-electron chi connectivity index (χ4n) is 3.89. The molecular formula is C27H26FN3O4. The zero-order chi connectivity index (χ0) is 25.1. The van der Waals surface area contributed by atoms with E-state index in [1.807, 2.05) is 23.8 Å². The second-order valence-electron chi connectivity index (χ2n) is 8.61. The van der Waals surface area contributed by atoms with Crippen LogP contribution in [0.4, 0.5) is 14.9 Å². The molecule has 0 radical (unpaired) electrons. The zero-order valence-corrected chi connectivity index (χ0v) is 19.7. The first-order valence-electron chi connectivity index (χ1n) is 11.3. The number of urea groups is 1. The van der Waals surface area contributed by atoms with E-state index >= 15 is 0 Å². The molecule has 180 valence electrons. The highest BCUT2D eigenvalue weighted by atomic mass is 19.1. The third kappa shape index (κ3) is 5.16. The van der Waals surface area contributed by atoms with Crippen molar-refractivity contribution < 1.29 is 23.5 Å². The topological polar surface area (TPSA) is 80.6 Å². The predicted octanol–water partition coefficient (Wildman–Crippen LogP) is 4.80. The molecule has 0 atom stereocenters. The van der Waals surface area contributed by atoms with Crippen LogP contribution in [0.3, 0.4) is 0 Å². The maximum atomic E-state index is 13.3. The van der Waals surface area contributed by atoms with Crippen LogP contribution in [0.25, 0.3) is 6.08 Å². The minimum Gasteiger partial charge on any atom is -0.491 e. The number of benzene rings is 2. The van der Waals surface area contributed by atoms with Gasteiger partial charge in [-0.15, -0.1) is 0 Å². The number of carbonyl (C=O) groups excluding carboxylic acids is 3. The average Bonchev–Trinajstić information content (AvgIpc) is 3.24. The van der Waals surface area contributed by atoms with Crippen molar-refractivity contribution in [3.8, 4) is 5.75 Å². The van der Waals surface area contributed by atoms with Crippen molar-refractivity contribution in [1.29, 1.82) is 0 Å². The van der Waals surface area contributed by atoms with Gasteiger partial charge in [-0.25, -0.2) is 14.1 Å². The van der Waals surface area contributed by atoms with Gasteiger partial charge in [0.2, 0.25) is 0 Å². The number of nitrogens with zero attached hydrogens (tertiary/aromatic N) is 2. The molecule has 3 aromatic rings. The Morgan fingerprint density at radius 2 is 1.80 bits per heavy atom. The molecule has 1 aliphatic rings. The first-order valence-corrected chi connectivity index (χ1v) is 11.3. The fraction of sp³-hybridized carbons (Fsp3) is 0.222. The highest BCUT2D eigenvalue weighted by Crippen LogP contribution is 2.28. The number of amides is 4. The highest BCUT2D eigenvalue weighted by Gasteiger charge is 2.37. The summed E-state index contributed by atoms with van der Waals surface area (Å²) in [5.74, 6) is -0.918. The molecule has 0 bridgehead atoms. The van der Waals surface area contributed by atoms with Crippen molar-refractivity contribution in [3.05, 3.63) is 89.0 Å². The number of anilines is 1. The molecule has 4 amide bonds. The molecule has 1 N–H and O–H groups in total. The van der Waals surface area contributed by atoms with Crippen LogP contribution in [0.15, 0.2) is 66.4 Å². The molecular weight excluding hydrogens is 449 g/mol. The average molecular weight is 476 g/mol. The monoisotopic (exact) mass is 475 g/mol. The lowest BCUT2D eigenvalue weighted by atomic mass is 10.0. The maximum Gasteiger partial charge on any atom is 0.335 e. The molecule has 1 fully saturated rings. The van der Waals surface area contributed by atoms with Crippen LogP contribution in [-0.2, 0) is 16.1 Å². The van der Waals surface area contributed by atoms with Crippen LogP contribution >= 0.6 is 0 Å². The second kappa shape index (κ2) is 9.97. The third-order valence-electron chi connectivity index (χ3n) is 5.72. The molecule has 0 unspecified atom stereocenters. The molecule has 0 spiro atoms. The second-order valence-corrected chi connectivity index (χ2v) is 8.61. The Morgan fingerprint density at radius 1 is 1.06 bits per heavy atom. The van der Waals surface area contributed by atoms with E-state index in [0.29, 0.717) is 24.8 Å². The predicted molar refractivity (Wildman–Crippen MR) is 131 cm³/mol. The first-order chi connectivity index (χ1) is 16.7. The summed E-state index contributed by atoms with van der Waals surface area (Å²) in [5.41, 5.74) is 2.80. The number of carbonyl (C=O) groups is 3. The highest BCUT2D eigenvalue weighted by molar-refractivity contribution is 6.39. The maximum absolute atomic E-state index is 13.3. The third-order valence-corrected chi connectivity index (χ3v) is 5.72. The number of barbiturate groups is 1. The first kappa shape index (κ1) is 23.9. The largest absolute Gasteiger partial charge is 0.491 e. The van der Waals surface area contributed by atoms with Crippen LogP contribution < -0.4 is 15.0 Å². The van der Waals surface area contributed by atoms with Crippen LogP contribution in [0.2, 0.25) is 0 Å². The van der Waals surface area contributed by atoms with Gasteiger partial charge < -0.3 is 9.30 Å². The molecule has 1 aromatic heterocycles. The standard InChI is InChI=1S/C27H26FN3O4/c1-17(2)22-11-6-18(3)15-24(22)35-14-13-30-12-4-5-21(30)16-23-25(32)29-27(34)31(26(23)33)20-9-7-19(28)8-10-20/h4-12,15-17H,13-14H2,1-3H3,(H,29,32,34)/b23-16-. The lowest BCUT2D eigenvalue weighted by molar-refractivity contribution is -0.122. The molecule has 1 saturated heterocycles. The van der Waals surface area contributed by atoms with Crippen LogP contribution in [-0.4, -0.2) is 29.0 Å². The van der Waals surface area contributed by atoms with Gasteiger partial charge in [-0.3, -0.25) is 14.9 Å². The van der Waals surface area contributed by atoms with E-state index in [9.17, 15) is 18.8 Å². The number of ether oxygens (including phenoxy) is 1. The number of halogens is 1. The fourth-order valence-corrected chi connectivity index (χ4v) is 3.89. The molecule has 1 aliphatic heterocycles. The number of hydrogen-bond donors (Lipinski definition) is 1. The van der Waals surface area contributed by atoms with Gasteiger partial charge in [-0.1, -0.05) is 26.0 Å². The summed E-state index contributed by atoms with van der Waals surface area (Å²) in [7, 11) is 0. The van der Waals surface area contributed by atoms with Gasteiger partial charge in [0, 0.05) is 11.9 Å². The van der Waals surface area contributed by atoms with Gasteiger partial charge in [-0.05, 0) is 72.5 Å². The number of hydrogen-bond acceptors (Lipinski definition) is 4.